The Kier molecular flexibility index (Phi) is 3.65. The number of fused-ring (bicyclic) bond motifs is 1. The first-order valence-electron chi connectivity index (χ1n) is 6.88. The van der Waals surface area contributed by atoms with Crippen LogP contribution in [0.5, 0.6) is 0 Å². The number of hydrogen-bond acceptors (Lipinski definition) is 4. The molecule has 0 aliphatic carbocycles. The normalized spacial score (nSPS) is 34.9. The molecule has 2 aliphatic heterocycles. The van der Waals surface area contributed by atoms with Gasteiger partial charge in [-0.15, -0.1) is 6.58 Å². The highest BCUT2D eigenvalue weighted by Crippen LogP contribution is 2.39. The van der Waals surface area contributed by atoms with E-state index in [0.29, 0.717) is 6.61 Å². The molecule has 0 spiro atoms. The van der Waals surface area contributed by atoms with Gasteiger partial charge in [0.1, 0.15) is 18.3 Å². The molecular weight excluding hydrogens is 256 g/mol. The Morgan fingerprint density at radius 3 is 2.70 bits per heavy atom. The smallest absolute Gasteiger partial charge is 0.190 e. The summed E-state index contributed by atoms with van der Waals surface area (Å²) in [6.07, 6.45) is 0.753. The van der Waals surface area contributed by atoms with Crippen LogP contribution in [-0.2, 0) is 25.6 Å². The van der Waals surface area contributed by atoms with Crippen LogP contribution in [0, 0.1) is 0 Å². The van der Waals surface area contributed by atoms with Gasteiger partial charge in [0.25, 0.3) is 0 Å². The fourth-order valence-corrected chi connectivity index (χ4v) is 2.65. The molecule has 2 fully saturated rings. The minimum atomic E-state index is -0.629. The van der Waals surface area contributed by atoms with Crippen molar-refractivity contribution in [3.05, 3.63) is 48.6 Å². The van der Waals surface area contributed by atoms with Crippen LogP contribution in [0.15, 0.2) is 43.0 Å². The van der Waals surface area contributed by atoms with Gasteiger partial charge >= 0.3 is 0 Å². The average molecular weight is 276 g/mol. The third kappa shape index (κ3) is 2.65. The topological polar surface area (TPSA) is 36.9 Å². The molecule has 4 heteroatoms. The fourth-order valence-electron chi connectivity index (χ4n) is 2.65. The lowest BCUT2D eigenvalue weighted by Gasteiger charge is -2.24. The average Bonchev–Trinajstić information content (AvgIpc) is 2.89. The zero-order valence-electron chi connectivity index (χ0n) is 11.8. The minimum absolute atomic E-state index is 0.195. The predicted molar refractivity (Wildman–Crippen MR) is 73.9 cm³/mol. The van der Waals surface area contributed by atoms with Gasteiger partial charge in [0.05, 0.1) is 6.61 Å². The maximum atomic E-state index is 6.00. The van der Waals surface area contributed by atoms with Crippen molar-refractivity contribution >= 4 is 0 Å². The number of benzene rings is 1. The van der Waals surface area contributed by atoms with Gasteiger partial charge < -0.3 is 18.9 Å². The molecule has 1 unspecified atom stereocenters. The van der Waals surface area contributed by atoms with Crippen LogP contribution in [0.3, 0.4) is 0 Å². The third-order valence-electron chi connectivity index (χ3n) is 3.54. The highest BCUT2D eigenvalue weighted by molar-refractivity contribution is 5.13. The van der Waals surface area contributed by atoms with Crippen molar-refractivity contribution in [1.82, 2.24) is 0 Å². The van der Waals surface area contributed by atoms with Gasteiger partial charge in [-0.2, -0.15) is 0 Å². The summed E-state index contributed by atoms with van der Waals surface area (Å²) in [6.45, 7) is 8.08. The molecular formula is C16H20O4. The molecule has 0 aromatic heterocycles. The lowest BCUT2D eigenvalue weighted by molar-refractivity contribution is -0.213. The molecule has 108 valence electrons. The van der Waals surface area contributed by atoms with E-state index in [-0.39, 0.29) is 24.6 Å². The van der Waals surface area contributed by atoms with Gasteiger partial charge in [0.15, 0.2) is 12.1 Å². The summed E-state index contributed by atoms with van der Waals surface area (Å²) in [4.78, 5) is 0. The van der Waals surface area contributed by atoms with Gasteiger partial charge in [-0.1, -0.05) is 36.4 Å². The molecule has 0 radical (unpaired) electrons. The summed E-state index contributed by atoms with van der Waals surface area (Å²) < 4.78 is 23.4. The monoisotopic (exact) mass is 276 g/mol. The zero-order chi connectivity index (χ0) is 14.2. The summed E-state index contributed by atoms with van der Waals surface area (Å²) in [5, 5.41) is 0. The Bertz CT molecular complexity index is 471. The molecule has 0 amide bonds. The molecule has 2 heterocycles. The first-order valence-corrected chi connectivity index (χ1v) is 6.88. The van der Waals surface area contributed by atoms with Crippen LogP contribution < -0.4 is 0 Å². The Labute approximate surface area is 119 Å². The second-order valence-corrected chi connectivity index (χ2v) is 5.57. The van der Waals surface area contributed by atoms with Crippen molar-refractivity contribution < 1.29 is 18.9 Å². The van der Waals surface area contributed by atoms with Gasteiger partial charge in [-0.05, 0) is 19.4 Å². The molecule has 4 nitrogen and oxygen atoms in total. The molecule has 3 rings (SSSR count). The van der Waals surface area contributed by atoms with E-state index < -0.39 is 5.79 Å². The van der Waals surface area contributed by atoms with Crippen molar-refractivity contribution in [2.75, 3.05) is 0 Å². The Hall–Kier alpha value is -1.20. The van der Waals surface area contributed by atoms with E-state index in [1.807, 2.05) is 44.2 Å². The quantitative estimate of drug-likeness (QED) is 0.792. The van der Waals surface area contributed by atoms with Gasteiger partial charge in [0, 0.05) is 0 Å². The van der Waals surface area contributed by atoms with E-state index >= 15 is 0 Å². The van der Waals surface area contributed by atoms with Crippen molar-refractivity contribution in [2.45, 2.75) is 50.8 Å². The summed E-state index contributed by atoms with van der Waals surface area (Å²) in [5.74, 6) is -0.629. The van der Waals surface area contributed by atoms with Crippen LogP contribution in [0.4, 0.5) is 0 Å². The van der Waals surface area contributed by atoms with Gasteiger partial charge in [-0.3, -0.25) is 0 Å². The van der Waals surface area contributed by atoms with Gasteiger partial charge in [0.2, 0.25) is 0 Å². The highest BCUT2D eigenvalue weighted by atomic mass is 16.8. The number of rotatable bonds is 4. The fraction of sp³-hybridized carbons (Fsp3) is 0.500. The van der Waals surface area contributed by atoms with Crippen LogP contribution in [0.25, 0.3) is 0 Å². The highest BCUT2D eigenvalue weighted by Gasteiger charge is 2.54. The summed E-state index contributed by atoms with van der Waals surface area (Å²) in [5.41, 5.74) is 1.12. The molecule has 1 aromatic carbocycles. The van der Waals surface area contributed by atoms with Crippen molar-refractivity contribution in [2.24, 2.45) is 0 Å². The minimum Gasteiger partial charge on any atom is -0.368 e. The standard InChI is InChI=1S/C16H20O4/c1-4-12-13(17-10-11-8-6-5-7-9-11)14-15(18-12)20-16(2,3)19-14/h4-9,12-15H,1,10H2,2-3H3/t12-,13-,14-,15?/m1/s1. The van der Waals surface area contributed by atoms with Crippen LogP contribution >= 0.6 is 0 Å². The number of hydrogen-bond donors (Lipinski definition) is 0. The van der Waals surface area contributed by atoms with E-state index in [2.05, 4.69) is 6.58 Å². The molecule has 0 saturated carbocycles. The van der Waals surface area contributed by atoms with Crippen molar-refractivity contribution in [3.8, 4) is 0 Å². The lowest BCUT2D eigenvalue weighted by Crippen LogP contribution is -2.35. The Balaban J connectivity index is 1.68. The van der Waals surface area contributed by atoms with Crippen LogP contribution in [0.2, 0.25) is 0 Å². The zero-order valence-corrected chi connectivity index (χ0v) is 11.8. The van der Waals surface area contributed by atoms with E-state index in [0.717, 1.165) is 5.56 Å². The van der Waals surface area contributed by atoms with Crippen LogP contribution in [0.1, 0.15) is 19.4 Å². The molecule has 20 heavy (non-hydrogen) atoms. The first kappa shape index (κ1) is 13.8. The maximum Gasteiger partial charge on any atom is 0.190 e. The van der Waals surface area contributed by atoms with E-state index in [4.69, 9.17) is 18.9 Å². The van der Waals surface area contributed by atoms with E-state index in [1.54, 1.807) is 6.08 Å². The molecule has 2 saturated heterocycles. The molecule has 4 atom stereocenters. The summed E-state index contributed by atoms with van der Waals surface area (Å²) in [7, 11) is 0. The SMILES string of the molecule is C=C[C@H]1OC2OC(C)(C)O[C@@H]2[C@@H]1OCc1ccccc1. The van der Waals surface area contributed by atoms with Crippen molar-refractivity contribution in [3.63, 3.8) is 0 Å². The summed E-state index contributed by atoms with van der Waals surface area (Å²) >= 11 is 0. The molecule has 1 aromatic rings. The van der Waals surface area contributed by atoms with Crippen molar-refractivity contribution in [1.29, 1.82) is 0 Å². The van der Waals surface area contributed by atoms with E-state index in [1.165, 1.54) is 0 Å². The predicted octanol–water partition coefficient (Wildman–Crippen LogP) is 2.63. The maximum absolute atomic E-state index is 6.00. The van der Waals surface area contributed by atoms with E-state index in [9.17, 15) is 0 Å². The van der Waals surface area contributed by atoms with Gasteiger partial charge in [-0.25, -0.2) is 0 Å². The molecule has 0 N–H and O–H groups in total. The van der Waals surface area contributed by atoms with Crippen LogP contribution in [-0.4, -0.2) is 30.4 Å². The third-order valence-corrected chi connectivity index (χ3v) is 3.54. The first-order chi connectivity index (χ1) is 9.59. The number of ether oxygens (including phenoxy) is 4. The summed E-state index contributed by atoms with van der Waals surface area (Å²) in [6, 6.07) is 10.0. The largest absolute Gasteiger partial charge is 0.368 e. The Morgan fingerprint density at radius 1 is 1.25 bits per heavy atom. The molecule has 2 aliphatic rings. The second-order valence-electron chi connectivity index (χ2n) is 5.57. The molecule has 0 bridgehead atoms. The second kappa shape index (κ2) is 5.30. The lowest BCUT2D eigenvalue weighted by atomic mass is 10.1. The Morgan fingerprint density at radius 2 is 2.00 bits per heavy atom.